The Bertz CT molecular complexity index is 883. The molecule has 0 unspecified atom stereocenters. The van der Waals surface area contributed by atoms with E-state index in [-0.39, 0.29) is 17.5 Å². The first kappa shape index (κ1) is 20.7. The summed E-state index contributed by atoms with van der Waals surface area (Å²) in [5.74, 6) is -0.0795. The first-order valence-corrected chi connectivity index (χ1v) is 9.79. The summed E-state index contributed by atoms with van der Waals surface area (Å²) in [5.41, 5.74) is 6.82. The Kier molecular flexibility index (Phi) is 6.72. The van der Waals surface area contributed by atoms with E-state index in [0.29, 0.717) is 0 Å². The van der Waals surface area contributed by atoms with Crippen molar-refractivity contribution in [3.05, 3.63) is 75.3 Å². The standard InChI is InChI=1S/C22H26N4O3/c1-16-3-7-19(8-4-16)17(2)23-24-22(27)20-11-13-25(14-12-20)15-18-5-9-21(10-6-18)26(28)29/h3-10,20H,11-15H2,1-2H3,(H,24,27)/b23-17-. The van der Waals surface area contributed by atoms with Crippen LogP contribution in [0.5, 0.6) is 0 Å². The van der Waals surface area contributed by atoms with Gasteiger partial charge in [-0.15, -0.1) is 0 Å². The smallest absolute Gasteiger partial charge is 0.269 e. The monoisotopic (exact) mass is 394 g/mol. The molecule has 3 rings (SSSR count). The van der Waals surface area contributed by atoms with Gasteiger partial charge in [-0.3, -0.25) is 19.8 Å². The van der Waals surface area contributed by atoms with Crippen molar-refractivity contribution in [2.45, 2.75) is 33.2 Å². The van der Waals surface area contributed by atoms with E-state index >= 15 is 0 Å². The van der Waals surface area contributed by atoms with Crippen molar-refractivity contribution in [3.63, 3.8) is 0 Å². The van der Waals surface area contributed by atoms with Crippen LogP contribution in [0.1, 0.15) is 36.5 Å². The van der Waals surface area contributed by atoms with E-state index in [0.717, 1.165) is 49.3 Å². The number of nitrogens with one attached hydrogen (secondary N) is 1. The minimum Gasteiger partial charge on any atom is -0.299 e. The Morgan fingerprint density at radius 1 is 1.14 bits per heavy atom. The Balaban J connectivity index is 1.47. The van der Waals surface area contributed by atoms with Crippen molar-refractivity contribution in [3.8, 4) is 0 Å². The number of hydrogen-bond acceptors (Lipinski definition) is 5. The second kappa shape index (κ2) is 9.43. The summed E-state index contributed by atoms with van der Waals surface area (Å²) in [4.78, 5) is 25.1. The van der Waals surface area contributed by atoms with Crippen molar-refractivity contribution < 1.29 is 9.72 Å². The number of hydrogen-bond donors (Lipinski definition) is 1. The van der Waals surface area contributed by atoms with E-state index < -0.39 is 4.92 Å². The molecule has 0 aliphatic carbocycles. The van der Waals surface area contributed by atoms with Crippen molar-refractivity contribution in [1.29, 1.82) is 0 Å². The van der Waals surface area contributed by atoms with Crippen molar-refractivity contribution in [2.24, 2.45) is 11.0 Å². The Morgan fingerprint density at radius 3 is 2.34 bits per heavy atom. The SMILES string of the molecule is C/C(=N/NC(=O)C1CCN(Cc2ccc([N+](=O)[O-])cc2)CC1)c1ccc(C)cc1. The van der Waals surface area contributed by atoms with Crippen LogP contribution < -0.4 is 5.43 Å². The van der Waals surface area contributed by atoms with Gasteiger partial charge in [0.05, 0.1) is 10.6 Å². The molecule has 2 aromatic rings. The van der Waals surface area contributed by atoms with Crippen LogP contribution in [-0.4, -0.2) is 34.5 Å². The van der Waals surface area contributed by atoms with Gasteiger partial charge in [0.1, 0.15) is 0 Å². The molecule has 0 aromatic heterocycles. The fraction of sp³-hybridized carbons (Fsp3) is 0.364. The molecule has 7 heteroatoms. The summed E-state index contributed by atoms with van der Waals surface area (Å²) in [6.07, 6.45) is 1.55. The predicted molar refractivity (Wildman–Crippen MR) is 113 cm³/mol. The first-order chi connectivity index (χ1) is 13.9. The van der Waals surface area contributed by atoms with Crippen molar-refractivity contribution >= 4 is 17.3 Å². The third-order valence-corrected chi connectivity index (χ3v) is 5.31. The van der Waals surface area contributed by atoms with Crippen LogP contribution in [0.25, 0.3) is 0 Å². The lowest BCUT2D eigenvalue weighted by Gasteiger charge is -2.30. The van der Waals surface area contributed by atoms with Gasteiger partial charge in [0, 0.05) is 24.6 Å². The maximum atomic E-state index is 12.5. The van der Waals surface area contributed by atoms with E-state index in [9.17, 15) is 14.9 Å². The minimum absolute atomic E-state index is 0.0357. The highest BCUT2D eigenvalue weighted by atomic mass is 16.6. The predicted octanol–water partition coefficient (Wildman–Crippen LogP) is 3.66. The lowest BCUT2D eigenvalue weighted by atomic mass is 9.96. The highest BCUT2D eigenvalue weighted by molar-refractivity contribution is 5.99. The maximum absolute atomic E-state index is 12.5. The molecule has 0 bridgehead atoms. The van der Waals surface area contributed by atoms with Gasteiger partial charge < -0.3 is 0 Å². The normalized spacial score (nSPS) is 15.9. The highest BCUT2D eigenvalue weighted by Gasteiger charge is 2.25. The number of hydrazone groups is 1. The van der Waals surface area contributed by atoms with Gasteiger partial charge in [-0.05, 0) is 50.9 Å². The van der Waals surface area contributed by atoms with E-state index in [2.05, 4.69) is 15.4 Å². The molecule has 1 amide bonds. The number of amides is 1. The lowest BCUT2D eigenvalue weighted by Crippen LogP contribution is -2.39. The second-order valence-corrected chi connectivity index (χ2v) is 7.51. The molecule has 0 atom stereocenters. The second-order valence-electron chi connectivity index (χ2n) is 7.51. The third kappa shape index (κ3) is 5.71. The molecule has 0 spiro atoms. The molecule has 1 saturated heterocycles. The number of carbonyl (C=O) groups excluding carboxylic acids is 1. The van der Waals surface area contributed by atoms with Gasteiger partial charge >= 0.3 is 0 Å². The molecule has 0 radical (unpaired) electrons. The van der Waals surface area contributed by atoms with Crippen LogP contribution >= 0.6 is 0 Å². The number of nitro groups is 1. The number of benzene rings is 2. The number of aryl methyl sites for hydroxylation is 1. The Morgan fingerprint density at radius 2 is 1.76 bits per heavy atom. The van der Waals surface area contributed by atoms with Crippen LogP contribution in [-0.2, 0) is 11.3 Å². The van der Waals surface area contributed by atoms with Crippen LogP contribution in [0.3, 0.4) is 0 Å². The van der Waals surface area contributed by atoms with Gasteiger partial charge in [0.25, 0.3) is 5.69 Å². The van der Waals surface area contributed by atoms with Gasteiger partial charge in [0.15, 0.2) is 0 Å². The minimum atomic E-state index is -0.392. The molecular formula is C22H26N4O3. The van der Waals surface area contributed by atoms with Gasteiger partial charge in [-0.2, -0.15) is 5.10 Å². The van der Waals surface area contributed by atoms with Crippen LogP contribution in [0, 0.1) is 23.0 Å². The molecule has 1 fully saturated rings. The molecular weight excluding hydrogens is 368 g/mol. The molecule has 7 nitrogen and oxygen atoms in total. The summed E-state index contributed by atoms with van der Waals surface area (Å²) in [6.45, 7) is 6.28. The number of non-ortho nitro benzene ring substituents is 1. The lowest BCUT2D eigenvalue weighted by molar-refractivity contribution is -0.384. The maximum Gasteiger partial charge on any atom is 0.269 e. The van der Waals surface area contributed by atoms with Crippen molar-refractivity contribution in [2.75, 3.05) is 13.1 Å². The molecule has 152 valence electrons. The van der Waals surface area contributed by atoms with Crippen molar-refractivity contribution in [1.82, 2.24) is 10.3 Å². The van der Waals surface area contributed by atoms with Gasteiger partial charge in [-0.25, -0.2) is 5.43 Å². The molecule has 2 aromatic carbocycles. The average molecular weight is 394 g/mol. The van der Waals surface area contributed by atoms with E-state index in [1.807, 2.05) is 38.1 Å². The van der Waals surface area contributed by atoms with Gasteiger partial charge in [-0.1, -0.05) is 42.0 Å². The zero-order valence-corrected chi connectivity index (χ0v) is 16.8. The summed E-state index contributed by atoms with van der Waals surface area (Å²) in [6, 6.07) is 14.7. The summed E-state index contributed by atoms with van der Waals surface area (Å²) < 4.78 is 0. The fourth-order valence-corrected chi connectivity index (χ4v) is 3.42. The Labute approximate surface area is 170 Å². The summed E-state index contributed by atoms with van der Waals surface area (Å²) in [5, 5.41) is 15.0. The zero-order chi connectivity index (χ0) is 20.8. The zero-order valence-electron chi connectivity index (χ0n) is 16.8. The largest absolute Gasteiger partial charge is 0.299 e. The number of nitrogens with zero attached hydrogens (tertiary/aromatic N) is 3. The molecule has 1 N–H and O–H groups in total. The van der Waals surface area contributed by atoms with E-state index in [1.54, 1.807) is 12.1 Å². The number of carbonyl (C=O) groups is 1. The molecule has 0 saturated carbocycles. The van der Waals surface area contributed by atoms with Crippen LogP contribution in [0.4, 0.5) is 5.69 Å². The first-order valence-electron chi connectivity index (χ1n) is 9.79. The number of rotatable bonds is 6. The Hall–Kier alpha value is -3.06. The van der Waals surface area contributed by atoms with Gasteiger partial charge in [0.2, 0.25) is 5.91 Å². The van der Waals surface area contributed by atoms with E-state index in [1.165, 1.54) is 17.7 Å². The van der Waals surface area contributed by atoms with Crippen LogP contribution in [0.2, 0.25) is 0 Å². The average Bonchev–Trinajstić information content (AvgIpc) is 2.73. The number of piperidine rings is 1. The van der Waals surface area contributed by atoms with E-state index in [4.69, 9.17) is 0 Å². The molecule has 1 aliphatic rings. The molecule has 1 heterocycles. The topological polar surface area (TPSA) is 87.8 Å². The summed E-state index contributed by atoms with van der Waals surface area (Å²) in [7, 11) is 0. The third-order valence-electron chi connectivity index (χ3n) is 5.31. The summed E-state index contributed by atoms with van der Waals surface area (Å²) >= 11 is 0. The van der Waals surface area contributed by atoms with Crippen LogP contribution in [0.15, 0.2) is 53.6 Å². The highest BCUT2D eigenvalue weighted by Crippen LogP contribution is 2.20. The fourth-order valence-electron chi connectivity index (χ4n) is 3.42. The number of likely N-dealkylation sites (tertiary alicyclic amines) is 1. The number of nitro benzene ring substituents is 1. The molecule has 29 heavy (non-hydrogen) atoms. The quantitative estimate of drug-likeness (QED) is 0.460. The molecule has 1 aliphatic heterocycles.